The Morgan fingerprint density at radius 1 is 1.11 bits per heavy atom. The molecule has 0 saturated heterocycles. The Hall–Kier alpha value is -0.780. The van der Waals surface area contributed by atoms with Gasteiger partial charge in [0, 0.05) is 16.0 Å². The largest absolute Gasteiger partial charge is 0.485 e. The molecule has 0 bridgehead atoms. The van der Waals surface area contributed by atoms with Crippen LogP contribution in [0.4, 0.5) is 8.78 Å². The lowest BCUT2D eigenvalue weighted by Crippen LogP contribution is -2.28. The predicted octanol–water partition coefficient (Wildman–Crippen LogP) is 4.14. The summed E-state index contributed by atoms with van der Waals surface area (Å²) in [5, 5.41) is 1.26. The quantitative estimate of drug-likeness (QED) is 0.706. The van der Waals surface area contributed by atoms with E-state index in [2.05, 4.69) is 18.2 Å². The number of ether oxygens (including phenoxy) is 1. The van der Waals surface area contributed by atoms with Crippen LogP contribution in [0.2, 0.25) is 0 Å². The smallest absolute Gasteiger partial charge is 0.248 e. The first-order valence-electron chi connectivity index (χ1n) is 6.46. The third-order valence-corrected chi connectivity index (χ3v) is 6.15. The van der Waals surface area contributed by atoms with Crippen LogP contribution in [0.15, 0.2) is 34.1 Å². The van der Waals surface area contributed by atoms with Gasteiger partial charge in [-0.25, -0.2) is 8.78 Å². The van der Waals surface area contributed by atoms with E-state index < -0.39 is 5.92 Å². The Kier molecular flexibility index (Phi) is 3.69. The number of hydrogen-bond donors (Lipinski definition) is 0. The normalized spacial score (nSPS) is 22.1. The summed E-state index contributed by atoms with van der Waals surface area (Å²) in [6.07, 6.45) is 4.91. The van der Waals surface area contributed by atoms with E-state index in [1.54, 1.807) is 0 Å². The van der Waals surface area contributed by atoms with Gasteiger partial charge in [0.05, 0.1) is 6.10 Å². The molecule has 1 fully saturated rings. The fraction of sp³-hybridized carbons (Fsp3) is 0.400. The zero-order valence-electron chi connectivity index (χ0n) is 10.4. The zero-order valence-corrected chi connectivity index (χ0v) is 12.6. The number of hydrogen-bond acceptors (Lipinski definition) is 1. The number of benzene rings is 1. The van der Waals surface area contributed by atoms with Gasteiger partial charge in [-0.05, 0) is 57.0 Å². The van der Waals surface area contributed by atoms with Crippen LogP contribution in [0.5, 0.6) is 0 Å². The molecule has 1 heterocycles. The van der Waals surface area contributed by atoms with Gasteiger partial charge in [0.15, 0.2) is 3.77 Å². The highest BCUT2D eigenvalue weighted by Gasteiger charge is 2.35. The second-order valence-corrected chi connectivity index (χ2v) is 7.69. The van der Waals surface area contributed by atoms with Crippen molar-refractivity contribution in [2.75, 3.05) is 0 Å². The first-order valence-corrected chi connectivity index (χ1v) is 8.61. The highest BCUT2D eigenvalue weighted by atomic mass is 127. The maximum atomic E-state index is 13.1. The molecule has 0 N–H and O–H groups in total. The minimum Gasteiger partial charge on any atom is -0.485 e. The van der Waals surface area contributed by atoms with E-state index in [0.717, 1.165) is 3.77 Å². The van der Waals surface area contributed by atoms with Crippen molar-refractivity contribution in [1.29, 1.82) is 0 Å². The van der Waals surface area contributed by atoms with Crippen molar-refractivity contribution >= 4 is 26.8 Å². The third kappa shape index (κ3) is 3.22. The lowest BCUT2D eigenvalue weighted by atomic mass is 9.94. The molecule has 1 aliphatic heterocycles. The monoisotopic (exact) mass is 376 g/mol. The minimum atomic E-state index is -2.48. The number of halogens is 3. The number of fused-ring (bicyclic) bond motifs is 1. The summed E-state index contributed by atoms with van der Waals surface area (Å²) in [6, 6.07) is 8.30. The Morgan fingerprint density at radius 3 is 2.63 bits per heavy atom. The summed E-state index contributed by atoms with van der Waals surface area (Å²) < 4.78 is 34.5. The van der Waals surface area contributed by atoms with E-state index in [9.17, 15) is 8.78 Å². The van der Waals surface area contributed by atoms with Crippen LogP contribution in [0.25, 0.3) is 6.08 Å². The Bertz CT molecular complexity index is 611. The van der Waals surface area contributed by atoms with E-state index in [4.69, 9.17) is 4.74 Å². The summed E-state index contributed by atoms with van der Waals surface area (Å²) in [6.45, 7) is 0. The highest BCUT2D eigenvalue weighted by Crippen LogP contribution is 2.36. The van der Waals surface area contributed by atoms with E-state index in [1.807, 2.05) is 18.2 Å². The summed E-state index contributed by atoms with van der Waals surface area (Å²) in [7, 11) is 0. The van der Waals surface area contributed by atoms with Gasteiger partial charge in [0.2, 0.25) is 5.92 Å². The second-order valence-electron chi connectivity index (χ2n) is 4.93. The van der Waals surface area contributed by atoms with Crippen molar-refractivity contribution in [2.45, 2.75) is 37.7 Å². The van der Waals surface area contributed by atoms with Crippen molar-refractivity contribution in [3.8, 4) is 0 Å². The van der Waals surface area contributed by atoms with Gasteiger partial charge in [0.25, 0.3) is 0 Å². The van der Waals surface area contributed by atoms with Gasteiger partial charge in [-0.15, -0.1) is 0 Å². The van der Waals surface area contributed by atoms with Gasteiger partial charge in [-0.3, -0.25) is 0 Å². The van der Waals surface area contributed by atoms with Crippen molar-refractivity contribution < 1.29 is 13.5 Å². The van der Waals surface area contributed by atoms with E-state index >= 15 is 0 Å². The lowest BCUT2D eigenvalue weighted by Gasteiger charge is -2.28. The minimum absolute atomic E-state index is 0.0239. The van der Waals surface area contributed by atoms with Gasteiger partial charge >= 0.3 is 0 Å². The Balaban J connectivity index is 1.70. The summed E-state index contributed by atoms with van der Waals surface area (Å²) in [4.78, 5) is 0. The molecule has 1 saturated carbocycles. The van der Waals surface area contributed by atoms with E-state index in [1.165, 1.54) is 8.37 Å². The van der Waals surface area contributed by atoms with Crippen LogP contribution in [0.1, 0.15) is 25.7 Å². The predicted molar refractivity (Wildman–Crippen MR) is 79.8 cm³/mol. The van der Waals surface area contributed by atoms with Crippen LogP contribution in [0, 0.1) is 3.15 Å². The molecule has 102 valence electrons. The fourth-order valence-corrected chi connectivity index (χ4v) is 4.81. The molecule has 1 aromatic rings. The summed E-state index contributed by atoms with van der Waals surface area (Å²) in [5.41, 5.74) is 0. The van der Waals surface area contributed by atoms with E-state index in [-0.39, 0.29) is 39.7 Å². The SMILES string of the molecule is FC1(F)CCC(OC2=CC=c3ccccc3=I2)CC1. The second kappa shape index (κ2) is 5.31. The van der Waals surface area contributed by atoms with Crippen LogP contribution >= 0.6 is 20.7 Å². The van der Waals surface area contributed by atoms with Crippen molar-refractivity contribution in [3.63, 3.8) is 0 Å². The van der Waals surface area contributed by atoms with Gasteiger partial charge in [0.1, 0.15) is 0 Å². The molecule has 2 aliphatic rings. The molecule has 0 unspecified atom stereocenters. The van der Waals surface area contributed by atoms with Crippen molar-refractivity contribution in [2.24, 2.45) is 0 Å². The average Bonchev–Trinajstić information content (AvgIpc) is 2.41. The molecular formula is C15H15F2IO. The molecule has 0 amide bonds. The number of allylic oxidation sites excluding steroid dienone is 1. The fourth-order valence-electron chi connectivity index (χ4n) is 2.34. The van der Waals surface area contributed by atoms with Crippen LogP contribution in [-0.4, -0.2) is 12.0 Å². The number of rotatable bonds is 2. The topological polar surface area (TPSA) is 9.23 Å². The molecule has 0 spiro atoms. The summed E-state index contributed by atoms with van der Waals surface area (Å²) in [5.74, 6) is -2.48. The molecule has 1 aliphatic carbocycles. The first-order chi connectivity index (χ1) is 9.12. The molecule has 0 radical (unpaired) electrons. The Morgan fingerprint density at radius 2 is 1.84 bits per heavy atom. The Labute approximate surface area is 120 Å². The lowest BCUT2D eigenvalue weighted by molar-refractivity contribution is -0.0658. The van der Waals surface area contributed by atoms with Crippen LogP contribution in [0.3, 0.4) is 0 Å². The standard InChI is InChI=1S/C15H15F2IO/c16-15(17)9-7-12(8-10-15)19-14-6-5-11-3-1-2-4-13(11)18-14/h1-6,12H,7-10H2. The van der Waals surface area contributed by atoms with Gasteiger partial charge in [-0.1, -0.05) is 18.2 Å². The van der Waals surface area contributed by atoms with Gasteiger partial charge in [-0.2, -0.15) is 0 Å². The molecule has 3 rings (SSSR count). The van der Waals surface area contributed by atoms with Gasteiger partial charge < -0.3 is 4.74 Å². The maximum absolute atomic E-state index is 13.1. The summed E-state index contributed by atoms with van der Waals surface area (Å²) >= 11 is -0.302. The average molecular weight is 376 g/mol. The zero-order chi connectivity index (χ0) is 13.3. The molecule has 1 nitrogen and oxygen atoms in total. The van der Waals surface area contributed by atoms with E-state index in [0.29, 0.717) is 12.8 Å². The van der Waals surface area contributed by atoms with Crippen molar-refractivity contribution in [3.05, 3.63) is 42.5 Å². The van der Waals surface area contributed by atoms with Crippen LogP contribution in [-0.2, 0) is 4.74 Å². The molecule has 0 aromatic heterocycles. The first kappa shape index (κ1) is 13.2. The van der Waals surface area contributed by atoms with Crippen LogP contribution < -0.4 is 5.22 Å². The highest BCUT2D eigenvalue weighted by molar-refractivity contribution is 14.2. The number of alkyl halides is 2. The molecular weight excluding hydrogens is 361 g/mol. The maximum Gasteiger partial charge on any atom is 0.248 e. The molecule has 4 heteroatoms. The molecule has 0 atom stereocenters. The molecule has 19 heavy (non-hydrogen) atoms. The third-order valence-electron chi connectivity index (χ3n) is 3.44. The van der Waals surface area contributed by atoms with Crippen molar-refractivity contribution in [1.82, 2.24) is 0 Å². The molecule has 1 aromatic carbocycles.